The topological polar surface area (TPSA) is 67.4 Å². The van der Waals surface area contributed by atoms with E-state index in [-0.39, 0.29) is 17.6 Å². The van der Waals surface area contributed by atoms with Gasteiger partial charge in [0, 0.05) is 22.0 Å². The first kappa shape index (κ1) is 20.1. The largest absolute Gasteiger partial charge is 0.495 e. The molecule has 2 aromatic carbocycles. The Kier molecular flexibility index (Phi) is 7.81. The fraction of sp³-hybridized carbons (Fsp3) is 0.263. The number of rotatable bonds is 8. The van der Waals surface area contributed by atoms with Gasteiger partial charge in [-0.25, -0.2) is 0 Å². The Hall–Kier alpha value is -2.18. The Bertz CT molecular complexity index is 783. The molecule has 0 atom stereocenters. The van der Waals surface area contributed by atoms with Gasteiger partial charge >= 0.3 is 0 Å². The van der Waals surface area contributed by atoms with Gasteiger partial charge in [-0.1, -0.05) is 24.6 Å². The smallest absolute Gasteiger partial charge is 0.234 e. The first-order chi connectivity index (χ1) is 12.5. The van der Waals surface area contributed by atoms with E-state index in [0.29, 0.717) is 22.9 Å². The molecule has 2 amide bonds. The average molecular weight is 393 g/mol. The summed E-state index contributed by atoms with van der Waals surface area (Å²) in [4.78, 5) is 24.8. The quantitative estimate of drug-likeness (QED) is 0.632. The minimum Gasteiger partial charge on any atom is -0.495 e. The van der Waals surface area contributed by atoms with Crippen molar-refractivity contribution >= 4 is 46.6 Å². The molecule has 0 aliphatic rings. The van der Waals surface area contributed by atoms with Gasteiger partial charge in [0.05, 0.1) is 18.6 Å². The molecule has 0 aliphatic heterocycles. The van der Waals surface area contributed by atoms with E-state index in [9.17, 15) is 9.59 Å². The number of hydrogen-bond acceptors (Lipinski definition) is 4. The van der Waals surface area contributed by atoms with Gasteiger partial charge in [0.25, 0.3) is 0 Å². The number of carbonyl (C=O) groups is 2. The van der Waals surface area contributed by atoms with Crippen LogP contribution < -0.4 is 15.4 Å². The Balaban J connectivity index is 1.93. The van der Waals surface area contributed by atoms with Gasteiger partial charge in [0.2, 0.25) is 11.8 Å². The van der Waals surface area contributed by atoms with Crippen molar-refractivity contribution in [3.05, 3.63) is 47.5 Å². The second-order valence-corrected chi connectivity index (χ2v) is 6.99. The van der Waals surface area contributed by atoms with Crippen molar-refractivity contribution in [2.24, 2.45) is 0 Å². The molecule has 0 unspecified atom stereocenters. The summed E-state index contributed by atoms with van der Waals surface area (Å²) >= 11 is 7.35. The Labute approximate surface area is 162 Å². The molecule has 2 N–H and O–H groups in total. The number of hydrogen-bond donors (Lipinski definition) is 2. The molecule has 0 bridgehead atoms. The number of nitrogens with one attached hydrogen (secondary N) is 2. The van der Waals surface area contributed by atoms with Gasteiger partial charge in [-0.05, 0) is 42.8 Å². The van der Waals surface area contributed by atoms with Crippen LogP contribution in [0.3, 0.4) is 0 Å². The summed E-state index contributed by atoms with van der Waals surface area (Å²) in [6, 6.07) is 12.5. The lowest BCUT2D eigenvalue weighted by Crippen LogP contribution is -2.14. The summed E-state index contributed by atoms with van der Waals surface area (Å²) in [5.74, 6) is 0.590. The SMILES string of the molecule is CCCC(=O)Nc1cccc(SCC(=O)Nc2cc(Cl)ccc2OC)c1. The van der Waals surface area contributed by atoms with Gasteiger partial charge in [0.1, 0.15) is 5.75 Å². The molecule has 0 saturated heterocycles. The van der Waals surface area contributed by atoms with Gasteiger partial charge in [0.15, 0.2) is 0 Å². The van der Waals surface area contributed by atoms with Crippen molar-refractivity contribution in [2.75, 3.05) is 23.5 Å². The molecular weight excluding hydrogens is 372 g/mol. The van der Waals surface area contributed by atoms with Crippen LogP contribution in [0.5, 0.6) is 5.75 Å². The minimum atomic E-state index is -0.170. The van der Waals surface area contributed by atoms with Crippen LogP contribution >= 0.6 is 23.4 Å². The average Bonchev–Trinajstić information content (AvgIpc) is 2.61. The van der Waals surface area contributed by atoms with E-state index >= 15 is 0 Å². The van der Waals surface area contributed by atoms with Crippen molar-refractivity contribution < 1.29 is 14.3 Å². The van der Waals surface area contributed by atoms with Crippen molar-refractivity contribution in [1.29, 1.82) is 0 Å². The number of amides is 2. The van der Waals surface area contributed by atoms with Crippen LogP contribution in [0.2, 0.25) is 5.02 Å². The molecule has 0 fully saturated rings. The first-order valence-corrected chi connectivity index (χ1v) is 9.54. The summed E-state index contributed by atoms with van der Waals surface area (Å²) in [5, 5.41) is 6.16. The first-order valence-electron chi connectivity index (χ1n) is 8.18. The fourth-order valence-electron chi connectivity index (χ4n) is 2.23. The molecule has 0 saturated carbocycles. The fourth-order valence-corrected chi connectivity index (χ4v) is 3.15. The molecule has 0 heterocycles. The monoisotopic (exact) mass is 392 g/mol. The molecule has 7 heteroatoms. The molecule has 138 valence electrons. The lowest BCUT2D eigenvalue weighted by molar-refractivity contribution is -0.116. The zero-order valence-electron chi connectivity index (χ0n) is 14.7. The van der Waals surface area contributed by atoms with Gasteiger partial charge in [-0.15, -0.1) is 11.8 Å². The Morgan fingerprint density at radius 2 is 1.92 bits per heavy atom. The third kappa shape index (κ3) is 6.28. The van der Waals surface area contributed by atoms with Crippen molar-refractivity contribution in [3.63, 3.8) is 0 Å². The maximum absolute atomic E-state index is 12.2. The highest BCUT2D eigenvalue weighted by atomic mass is 35.5. The summed E-state index contributed by atoms with van der Waals surface area (Å²) in [6.45, 7) is 1.96. The van der Waals surface area contributed by atoms with Crippen LogP contribution in [-0.2, 0) is 9.59 Å². The molecule has 0 aromatic heterocycles. The standard InChI is InChI=1S/C19H21ClN2O3S/c1-3-5-18(23)21-14-6-4-7-15(11-14)26-12-19(24)22-16-10-13(20)8-9-17(16)25-2/h4,6-11H,3,5,12H2,1-2H3,(H,21,23)(H,22,24). The predicted octanol–water partition coefficient (Wildman–Crippen LogP) is 4.82. The molecule has 0 spiro atoms. The van der Waals surface area contributed by atoms with Crippen LogP contribution in [0.15, 0.2) is 47.4 Å². The van der Waals surface area contributed by atoms with E-state index in [4.69, 9.17) is 16.3 Å². The molecule has 2 rings (SSSR count). The predicted molar refractivity (Wildman–Crippen MR) is 107 cm³/mol. The Morgan fingerprint density at radius 3 is 2.65 bits per heavy atom. The lowest BCUT2D eigenvalue weighted by Gasteiger charge is -2.11. The number of anilines is 2. The van der Waals surface area contributed by atoms with Gasteiger partial charge in [-0.2, -0.15) is 0 Å². The minimum absolute atomic E-state index is 0.0135. The maximum Gasteiger partial charge on any atom is 0.234 e. The zero-order valence-corrected chi connectivity index (χ0v) is 16.2. The van der Waals surface area contributed by atoms with Crippen LogP contribution in [0.25, 0.3) is 0 Å². The van der Waals surface area contributed by atoms with E-state index < -0.39 is 0 Å². The van der Waals surface area contributed by atoms with Crippen molar-refractivity contribution in [1.82, 2.24) is 0 Å². The molecule has 26 heavy (non-hydrogen) atoms. The molecule has 2 aromatic rings. The third-order valence-corrected chi connectivity index (χ3v) is 4.63. The normalized spacial score (nSPS) is 10.3. The second kappa shape index (κ2) is 10.1. The van der Waals surface area contributed by atoms with Crippen LogP contribution in [0.1, 0.15) is 19.8 Å². The highest BCUT2D eigenvalue weighted by Gasteiger charge is 2.09. The highest BCUT2D eigenvalue weighted by molar-refractivity contribution is 8.00. The van der Waals surface area contributed by atoms with Crippen LogP contribution in [0, 0.1) is 0 Å². The van der Waals surface area contributed by atoms with E-state index in [2.05, 4.69) is 10.6 Å². The van der Waals surface area contributed by atoms with E-state index in [1.165, 1.54) is 18.9 Å². The number of thioether (sulfide) groups is 1. The van der Waals surface area contributed by atoms with E-state index in [1.54, 1.807) is 18.2 Å². The number of benzene rings is 2. The van der Waals surface area contributed by atoms with Gasteiger partial charge in [-0.3, -0.25) is 9.59 Å². The van der Waals surface area contributed by atoms with Crippen molar-refractivity contribution in [2.45, 2.75) is 24.7 Å². The zero-order chi connectivity index (χ0) is 18.9. The second-order valence-electron chi connectivity index (χ2n) is 5.51. The molecule has 0 radical (unpaired) electrons. The summed E-state index contributed by atoms with van der Waals surface area (Å²) in [7, 11) is 1.53. The summed E-state index contributed by atoms with van der Waals surface area (Å²) in [5.41, 5.74) is 1.26. The maximum atomic E-state index is 12.2. The molecule has 0 aliphatic carbocycles. The van der Waals surface area contributed by atoms with Crippen LogP contribution in [-0.4, -0.2) is 24.7 Å². The molecular formula is C19H21ClN2O3S. The number of halogens is 1. The van der Waals surface area contributed by atoms with Crippen LogP contribution in [0.4, 0.5) is 11.4 Å². The molecule has 5 nitrogen and oxygen atoms in total. The summed E-state index contributed by atoms with van der Waals surface area (Å²) < 4.78 is 5.22. The van der Waals surface area contributed by atoms with E-state index in [0.717, 1.165) is 17.0 Å². The van der Waals surface area contributed by atoms with Gasteiger partial charge < -0.3 is 15.4 Å². The van der Waals surface area contributed by atoms with E-state index in [1.807, 2.05) is 31.2 Å². The van der Waals surface area contributed by atoms with Crippen molar-refractivity contribution in [3.8, 4) is 5.75 Å². The lowest BCUT2D eigenvalue weighted by atomic mass is 10.3. The third-order valence-electron chi connectivity index (χ3n) is 3.40. The highest BCUT2D eigenvalue weighted by Crippen LogP contribution is 2.28. The number of ether oxygens (including phenoxy) is 1. The summed E-state index contributed by atoms with van der Waals surface area (Å²) in [6.07, 6.45) is 1.29. The Morgan fingerprint density at radius 1 is 1.12 bits per heavy atom. The number of methoxy groups -OCH3 is 1. The number of carbonyl (C=O) groups excluding carboxylic acids is 2.